The summed E-state index contributed by atoms with van der Waals surface area (Å²) in [5.41, 5.74) is 1.09. The van der Waals surface area contributed by atoms with Crippen LogP contribution in [-0.4, -0.2) is 56.4 Å². The van der Waals surface area contributed by atoms with Crippen LogP contribution in [0.25, 0.3) is 0 Å². The lowest BCUT2D eigenvalue weighted by atomic mass is 10.1. The third-order valence-corrected chi connectivity index (χ3v) is 5.94. The highest BCUT2D eigenvalue weighted by Crippen LogP contribution is 2.19. The van der Waals surface area contributed by atoms with Gasteiger partial charge in [-0.2, -0.15) is 0 Å². The largest absolute Gasteiger partial charge is 0.354 e. The molecule has 160 valence electrons. The average Bonchev–Trinajstić information content (AvgIpc) is 3.42. The number of benzene rings is 1. The van der Waals surface area contributed by atoms with Crippen LogP contribution in [0.2, 0.25) is 0 Å². The van der Waals surface area contributed by atoms with Gasteiger partial charge < -0.3 is 20.1 Å². The van der Waals surface area contributed by atoms with Crippen molar-refractivity contribution in [2.24, 2.45) is 7.05 Å². The Bertz CT molecular complexity index is 1060. The lowest BCUT2D eigenvalue weighted by Gasteiger charge is -2.18. The second-order valence-electron chi connectivity index (χ2n) is 7.24. The quantitative estimate of drug-likeness (QED) is 0.544. The summed E-state index contributed by atoms with van der Waals surface area (Å²) in [6, 6.07) is 12.8. The molecule has 1 saturated heterocycles. The molecule has 1 aliphatic rings. The summed E-state index contributed by atoms with van der Waals surface area (Å²) in [6.07, 6.45) is 4.22. The van der Waals surface area contributed by atoms with E-state index in [1.54, 1.807) is 41.4 Å². The minimum absolute atomic E-state index is 0.0514. The van der Waals surface area contributed by atoms with Crippen LogP contribution >= 0.6 is 11.8 Å². The molecule has 9 nitrogen and oxygen atoms in total. The molecular formula is C21H23N7O2S. The number of aryl methyl sites for hydroxylation is 1. The van der Waals surface area contributed by atoms with Gasteiger partial charge in [0.05, 0.1) is 5.75 Å². The van der Waals surface area contributed by atoms with Crippen LogP contribution in [0.5, 0.6) is 0 Å². The zero-order valence-corrected chi connectivity index (χ0v) is 17.9. The molecule has 3 aromatic rings. The van der Waals surface area contributed by atoms with Crippen molar-refractivity contribution in [3.05, 3.63) is 60.6 Å². The number of anilines is 2. The van der Waals surface area contributed by atoms with E-state index in [0.29, 0.717) is 16.4 Å². The summed E-state index contributed by atoms with van der Waals surface area (Å²) in [6.45, 7) is 1.57. The van der Waals surface area contributed by atoms with Gasteiger partial charge in [0.2, 0.25) is 5.91 Å². The van der Waals surface area contributed by atoms with Gasteiger partial charge in [-0.15, -0.1) is 10.2 Å². The Labute approximate surface area is 184 Å². The van der Waals surface area contributed by atoms with Gasteiger partial charge in [0.25, 0.3) is 5.91 Å². The van der Waals surface area contributed by atoms with E-state index < -0.39 is 0 Å². The number of pyridine rings is 1. The minimum atomic E-state index is -0.174. The molecular weight excluding hydrogens is 414 g/mol. The van der Waals surface area contributed by atoms with Crippen LogP contribution in [-0.2, 0) is 11.8 Å². The van der Waals surface area contributed by atoms with Gasteiger partial charge in [0.1, 0.15) is 12.1 Å². The summed E-state index contributed by atoms with van der Waals surface area (Å²) >= 11 is 1.30. The van der Waals surface area contributed by atoms with Crippen molar-refractivity contribution in [2.45, 2.75) is 17.6 Å². The van der Waals surface area contributed by atoms with Crippen LogP contribution in [0.15, 0.2) is 60.1 Å². The fourth-order valence-corrected chi connectivity index (χ4v) is 4.05. The van der Waals surface area contributed by atoms with Gasteiger partial charge in [-0.1, -0.05) is 23.9 Å². The number of hydrogen-bond acceptors (Lipinski definition) is 7. The number of nitrogens with one attached hydrogen (secondary N) is 2. The lowest BCUT2D eigenvalue weighted by molar-refractivity contribution is -0.113. The molecule has 0 saturated carbocycles. The van der Waals surface area contributed by atoms with Crippen LogP contribution in [0.4, 0.5) is 11.5 Å². The lowest BCUT2D eigenvalue weighted by Crippen LogP contribution is -2.37. The topological polar surface area (TPSA) is 105 Å². The first-order chi connectivity index (χ1) is 15.1. The Morgan fingerprint density at radius 2 is 2.13 bits per heavy atom. The molecule has 10 heteroatoms. The molecule has 0 spiro atoms. The van der Waals surface area contributed by atoms with Crippen molar-refractivity contribution in [3.8, 4) is 0 Å². The van der Waals surface area contributed by atoms with E-state index in [1.807, 2.05) is 25.2 Å². The maximum absolute atomic E-state index is 12.7. The van der Waals surface area contributed by atoms with E-state index in [1.165, 1.54) is 11.8 Å². The van der Waals surface area contributed by atoms with Crippen molar-refractivity contribution >= 4 is 35.1 Å². The number of amides is 2. The number of carbonyl (C=O) groups excluding carboxylic acids is 2. The molecule has 0 bridgehead atoms. The van der Waals surface area contributed by atoms with Crippen LogP contribution < -0.4 is 15.5 Å². The van der Waals surface area contributed by atoms with E-state index in [2.05, 4.69) is 30.7 Å². The molecule has 0 aliphatic carbocycles. The van der Waals surface area contributed by atoms with Gasteiger partial charge in [0.15, 0.2) is 5.16 Å². The number of rotatable bonds is 7. The zero-order valence-electron chi connectivity index (χ0n) is 17.1. The fraction of sp³-hybridized carbons (Fsp3) is 0.286. The van der Waals surface area contributed by atoms with Gasteiger partial charge in [-0.05, 0) is 36.8 Å². The normalized spacial score (nSPS) is 15.6. The fourth-order valence-electron chi connectivity index (χ4n) is 3.36. The summed E-state index contributed by atoms with van der Waals surface area (Å²) in [5, 5.41) is 14.3. The highest BCUT2D eigenvalue weighted by Gasteiger charge is 2.25. The average molecular weight is 438 g/mol. The highest BCUT2D eigenvalue weighted by molar-refractivity contribution is 7.99. The molecule has 2 N–H and O–H groups in total. The number of thioether (sulfide) groups is 1. The van der Waals surface area contributed by atoms with E-state index in [0.717, 1.165) is 25.3 Å². The second-order valence-corrected chi connectivity index (χ2v) is 8.18. The SMILES string of the molecule is Cn1cnnc1SCC(=O)Nc1cccc(C(=O)NC2CCN(c3ccccn3)C2)c1. The van der Waals surface area contributed by atoms with E-state index in [4.69, 9.17) is 0 Å². The zero-order chi connectivity index (χ0) is 21.6. The Balaban J connectivity index is 1.30. The predicted octanol–water partition coefficient (Wildman–Crippen LogP) is 1.95. The van der Waals surface area contributed by atoms with Crippen molar-refractivity contribution < 1.29 is 9.59 Å². The maximum Gasteiger partial charge on any atom is 0.251 e. The van der Waals surface area contributed by atoms with E-state index in [-0.39, 0.29) is 23.6 Å². The molecule has 2 amide bonds. The van der Waals surface area contributed by atoms with Gasteiger partial charge in [0, 0.05) is 43.6 Å². The Kier molecular flexibility index (Phi) is 6.46. The van der Waals surface area contributed by atoms with Crippen LogP contribution in [0, 0.1) is 0 Å². The Morgan fingerprint density at radius 1 is 1.23 bits per heavy atom. The molecule has 3 heterocycles. The van der Waals surface area contributed by atoms with Crippen molar-refractivity contribution in [1.29, 1.82) is 0 Å². The molecule has 2 aromatic heterocycles. The maximum atomic E-state index is 12.7. The van der Waals surface area contributed by atoms with Crippen molar-refractivity contribution in [2.75, 3.05) is 29.1 Å². The van der Waals surface area contributed by atoms with Gasteiger partial charge in [-0.25, -0.2) is 4.98 Å². The molecule has 1 fully saturated rings. The van der Waals surface area contributed by atoms with E-state index >= 15 is 0 Å². The molecule has 1 aromatic carbocycles. The predicted molar refractivity (Wildman–Crippen MR) is 119 cm³/mol. The number of carbonyl (C=O) groups is 2. The first kappa shape index (κ1) is 20.9. The summed E-state index contributed by atoms with van der Waals surface area (Å²) < 4.78 is 1.75. The number of nitrogens with zero attached hydrogens (tertiary/aromatic N) is 5. The van der Waals surface area contributed by atoms with Crippen LogP contribution in [0.1, 0.15) is 16.8 Å². The molecule has 1 unspecified atom stereocenters. The molecule has 1 aliphatic heterocycles. The molecule has 4 rings (SSSR count). The Hall–Kier alpha value is -3.40. The van der Waals surface area contributed by atoms with E-state index in [9.17, 15) is 9.59 Å². The second kappa shape index (κ2) is 9.61. The first-order valence-corrected chi connectivity index (χ1v) is 10.9. The van der Waals surface area contributed by atoms with Gasteiger partial charge >= 0.3 is 0 Å². The molecule has 1 atom stereocenters. The summed E-state index contributed by atoms with van der Waals surface area (Å²) in [5.74, 6) is 0.793. The summed E-state index contributed by atoms with van der Waals surface area (Å²) in [7, 11) is 1.82. The smallest absolute Gasteiger partial charge is 0.251 e. The third kappa shape index (κ3) is 5.40. The summed E-state index contributed by atoms with van der Waals surface area (Å²) in [4.78, 5) is 31.5. The van der Waals surface area contributed by atoms with Crippen LogP contribution in [0.3, 0.4) is 0 Å². The number of hydrogen-bond donors (Lipinski definition) is 2. The minimum Gasteiger partial charge on any atom is -0.354 e. The monoisotopic (exact) mass is 437 g/mol. The standard InChI is InChI=1S/C21H23N7O2S/c1-27-14-23-26-21(27)31-13-19(29)24-16-6-4-5-15(11-16)20(30)25-17-8-10-28(12-17)18-7-2-3-9-22-18/h2-7,9,11,14,17H,8,10,12-13H2,1H3,(H,24,29)(H,25,30). The first-order valence-electron chi connectivity index (χ1n) is 9.92. The molecule has 0 radical (unpaired) electrons. The van der Waals surface area contributed by atoms with Crippen molar-refractivity contribution in [3.63, 3.8) is 0 Å². The highest BCUT2D eigenvalue weighted by atomic mass is 32.2. The number of aromatic nitrogens is 4. The van der Waals surface area contributed by atoms with Gasteiger partial charge in [-0.3, -0.25) is 9.59 Å². The third-order valence-electron chi connectivity index (χ3n) is 4.91. The molecule has 31 heavy (non-hydrogen) atoms. The Morgan fingerprint density at radius 3 is 2.90 bits per heavy atom. The van der Waals surface area contributed by atoms with Crippen molar-refractivity contribution in [1.82, 2.24) is 25.1 Å².